The SMILES string of the molecule is CCn1ncc(-c2cc(C(F)F)nc3sc(C(N)=O)c(NC(=O)c4c(-c5ccccc5)nn(-c5ccccc5)c4C)c23)c1C. The zero-order valence-corrected chi connectivity index (χ0v) is 24.8. The van der Waals surface area contributed by atoms with Crippen LogP contribution in [0.5, 0.6) is 0 Å². The van der Waals surface area contributed by atoms with Crippen LogP contribution in [0.15, 0.2) is 72.9 Å². The van der Waals surface area contributed by atoms with E-state index < -0.39 is 23.9 Å². The Hall–Kier alpha value is -5.23. The number of nitrogens with one attached hydrogen (secondary N) is 1. The van der Waals surface area contributed by atoms with Gasteiger partial charge in [0.25, 0.3) is 18.2 Å². The van der Waals surface area contributed by atoms with Crippen LogP contribution in [-0.2, 0) is 6.54 Å². The molecule has 0 spiro atoms. The summed E-state index contributed by atoms with van der Waals surface area (Å²) < 4.78 is 31.4. The maximum absolute atomic E-state index is 14.3. The van der Waals surface area contributed by atoms with Crippen LogP contribution in [-0.4, -0.2) is 36.4 Å². The Morgan fingerprint density at radius 2 is 1.68 bits per heavy atom. The first kappa shape index (κ1) is 28.9. The van der Waals surface area contributed by atoms with E-state index >= 15 is 0 Å². The summed E-state index contributed by atoms with van der Waals surface area (Å²) in [5.41, 5.74) is 9.83. The number of nitrogens with two attached hydrogens (primary N) is 1. The molecule has 2 aromatic carbocycles. The number of amides is 2. The van der Waals surface area contributed by atoms with E-state index in [2.05, 4.69) is 15.4 Å². The van der Waals surface area contributed by atoms with Gasteiger partial charge in [-0.2, -0.15) is 10.2 Å². The lowest BCUT2D eigenvalue weighted by Gasteiger charge is -2.12. The molecule has 0 aliphatic carbocycles. The number of pyridine rings is 1. The number of nitrogens with zero attached hydrogens (tertiary/aromatic N) is 5. The van der Waals surface area contributed by atoms with Crippen LogP contribution < -0.4 is 11.1 Å². The third kappa shape index (κ3) is 4.92. The summed E-state index contributed by atoms with van der Waals surface area (Å²) in [5, 5.41) is 12.4. The number of alkyl halides is 2. The Morgan fingerprint density at radius 3 is 2.30 bits per heavy atom. The second-order valence-corrected chi connectivity index (χ2v) is 11.1. The number of aromatic nitrogens is 5. The highest BCUT2D eigenvalue weighted by molar-refractivity contribution is 7.21. The molecule has 0 radical (unpaired) electrons. The van der Waals surface area contributed by atoms with Gasteiger partial charge in [-0.1, -0.05) is 48.5 Å². The number of carbonyl (C=O) groups is 2. The second-order valence-electron chi connectivity index (χ2n) is 10.1. The zero-order chi connectivity index (χ0) is 31.1. The highest BCUT2D eigenvalue weighted by Crippen LogP contribution is 2.43. The van der Waals surface area contributed by atoms with Gasteiger partial charge in [0.15, 0.2) is 0 Å². The van der Waals surface area contributed by atoms with Crippen molar-refractivity contribution in [2.45, 2.75) is 33.7 Å². The van der Waals surface area contributed by atoms with Gasteiger partial charge in [-0.3, -0.25) is 14.3 Å². The fourth-order valence-corrected chi connectivity index (χ4v) is 6.35. The van der Waals surface area contributed by atoms with Crippen molar-refractivity contribution >= 4 is 39.1 Å². The van der Waals surface area contributed by atoms with E-state index in [9.17, 15) is 18.4 Å². The first-order chi connectivity index (χ1) is 21.2. The quantitative estimate of drug-likeness (QED) is 0.193. The van der Waals surface area contributed by atoms with E-state index in [0.717, 1.165) is 22.7 Å². The number of fused-ring (bicyclic) bond motifs is 1. The predicted octanol–water partition coefficient (Wildman–Crippen LogP) is 6.94. The molecule has 0 unspecified atom stereocenters. The Balaban J connectivity index is 1.57. The molecule has 6 rings (SSSR count). The largest absolute Gasteiger partial charge is 0.365 e. The lowest BCUT2D eigenvalue weighted by molar-refractivity contribution is 0.100. The number of rotatable bonds is 8. The molecule has 2 amide bonds. The standard InChI is InChI=1S/C32H27F2N7O2S/c1-4-40-17(2)22(16-36-40)21-15-23(29(33)34)37-32-25(21)27(28(44-32)30(35)42)38-31(43)24-18(3)41(20-13-9-6-10-14-20)39-26(24)19-11-7-5-8-12-19/h5-16,29H,4H2,1-3H3,(H2,35,42)(H,38,43). The average Bonchev–Trinajstić information content (AvgIpc) is 3.70. The summed E-state index contributed by atoms with van der Waals surface area (Å²) >= 11 is 0.853. The number of para-hydroxylation sites is 1. The first-order valence-electron chi connectivity index (χ1n) is 13.8. The number of thiophene rings is 1. The number of anilines is 1. The monoisotopic (exact) mass is 611 g/mol. The van der Waals surface area contributed by atoms with Gasteiger partial charge in [-0.25, -0.2) is 18.4 Å². The van der Waals surface area contributed by atoms with Crippen LogP contribution in [0.2, 0.25) is 0 Å². The minimum Gasteiger partial charge on any atom is -0.365 e. The zero-order valence-electron chi connectivity index (χ0n) is 24.0. The van der Waals surface area contributed by atoms with Crippen molar-refractivity contribution in [3.63, 3.8) is 0 Å². The van der Waals surface area contributed by atoms with E-state index in [1.807, 2.05) is 74.5 Å². The highest BCUT2D eigenvalue weighted by Gasteiger charge is 2.29. The van der Waals surface area contributed by atoms with Crippen LogP contribution in [0.4, 0.5) is 14.5 Å². The van der Waals surface area contributed by atoms with Gasteiger partial charge in [0.05, 0.1) is 28.8 Å². The summed E-state index contributed by atoms with van der Waals surface area (Å²) in [4.78, 5) is 31.3. The molecule has 12 heteroatoms. The summed E-state index contributed by atoms with van der Waals surface area (Å²) in [5.74, 6) is -1.37. The molecule has 0 saturated carbocycles. The van der Waals surface area contributed by atoms with Crippen LogP contribution >= 0.6 is 11.3 Å². The Bertz CT molecular complexity index is 2030. The van der Waals surface area contributed by atoms with E-state index in [-0.39, 0.29) is 21.0 Å². The van der Waals surface area contributed by atoms with Gasteiger partial charge < -0.3 is 11.1 Å². The summed E-state index contributed by atoms with van der Waals surface area (Å²) in [7, 11) is 0. The molecule has 0 aliphatic rings. The summed E-state index contributed by atoms with van der Waals surface area (Å²) in [6.45, 7) is 6.09. The molecule has 4 aromatic heterocycles. The molecule has 4 heterocycles. The van der Waals surface area contributed by atoms with Crippen molar-refractivity contribution in [1.82, 2.24) is 24.5 Å². The Morgan fingerprint density at radius 1 is 1.00 bits per heavy atom. The lowest BCUT2D eigenvalue weighted by Crippen LogP contribution is -2.18. The number of hydrogen-bond donors (Lipinski definition) is 2. The van der Waals surface area contributed by atoms with Crippen molar-refractivity contribution in [1.29, 1.82) is 0 Å². The highest BCUT2D eigenvalue weighted by atomic mass is 32.1. The topological polar surface area (TPSA) is 121 Å². The van der Waals surface area contributed by atoms with E-state index in [4.69, 9.17) is 10.8 Å². The van der Waals surface area contributed by atoms with E-state index in [1.165, 1.54) is 6.07 Å². The maximum Gasteiger partial charge on any atom is 0.280 e. The van der Waals surface area contributed by atoms with Crippen molar-refractivity contribution in [2.75, 3.05) is 5.32 Å². The summed E-state index contributed by atoms with van der Waals surface area (Å²) in [6, 6.07) is 19.9. The van der Waals surface area contributed by atoms with Crippen LogP contribution in [0.1, 0.15) is 50.5 Å². The molecule has 0 aliphatic heterocycles. The third-order valence-corrected chi connectivity index (χ3v) is 8.55. The molecule has 222 valence electrons. The van der Waals surface area contributed by atoms with Crippen LogP contribution in [0, 0.1) is 13.8 Å². The van der Waals surface area contributed by atoms with Gasteiger partial charge in [0.1, 0.15) is 21.1 Å². The molecule has 44 heavy (non-hydrogen) atoms. The molecule has 0 saturated heterocycles. The van der Waals surface area contributed by atoms with Gasteiger partial charge >= 0.3 is 0 Å². The van der Waals surface area contributed by atoms with Gasteiger partial charge in [0.2, 0.25) is 0 Å². The molecule has 0 fully saturated rings. The third-order valence-electron chi connectivity index (χ3n) is 7.45. The fourth-order valence-electron chi connectivity index (χ4n) is 5.33. The minimum atomic E-state index is -2.86. The molecule has 3 N–H and O–H groups in total. The average molecular weight is 612 g/mol. The van der Waals surface area contributed by atoms with Crippen LogP contribution in [0.25, 0.3) is 38.3 Å². The van der Waals surface area contributed by atoms with Gasteiger partial charge in [-0.15, -0.1) is 11.3 Å². The van der Waals surface area contributed by atoms with Gasteiger partial charge in [0, 0.05) is 28.8 Å². The number of halogens is 2. The second kappa shape index (κ2) is 11.5. The normalized spacial score (nSPS) is 11.4. The van der Waals surface area contributed by atoms with Crippen molar-refractivity contribution in [3.05, 3.63) is 100 Å². The van der Waals surface area contributed by atoms with Gasteiger partial charge in [-0.05, 0) is 44.5 Å². The number of benzene rings is 2. The molecule has 0 atom stereocenters. The maximum atomic E-state index is 14.3. The fraction of sp³-hybridized carbons (Fsp3) is 0.156. The molecule has 0 bridgehead atoms. The van der Waals surface area contributed by atoms with E-state index in [0.29, 0.717) is 40.0 Å². The van der Waals surface area contributed by atoms with Crippen molar-refractivity contribution in [3.8, 4) is 28.1 Å². The Kier molecular flexibility index (Phi) is 7.52. The number of aryl methyl sites for hydroxylation is 1. The smallest absolute Gasteiger partial charge is 0.280 e. The van der Waals surface area contributed by atoms with Crippen LogP contribution in [0.3, 0.4) is 0 Å². The first-order valence-corrected chi connectivity index (χ1v) is 14.6. The Labute approximate surface area is 255 Å². The minimum absolute atomic E-state index is 0.0107. The molecular weight excluding hydrogens is 584 g/mol. The van der Waals surface area contributed by atoms with Crippen molar-refractivity contribution in [2.24, 2.45) is 5.73 Å². The molecule has 9 nitrogen and oxygen atoms in total. The molecule has 6 aromatic rings. The number of carbonyl (C=O) groups excluding carboxylic acids is 2. The molecular formula is C32H27F2N7O2S. The number of primary amides is 1. The van der Waals surface area contributed by atoms with Crippen molar-refractivity contribution < 1.29 is 18.4 Å². The predicted molar refractivity (Wildman–Crippen MR) is 166 cm³/mol. The number of hydrogen-bond acceptors (Lipinski definition) is 6. The summed E-state index contributed by atoms with van der Waals surface area (Å²) in [6.07, 6.45) is -1.28. The lowest BCUT2D eigenvalue weighted by atomic mass is 10.0. The van der Waals surface area contributed by atoms with E-state index in [1.54, 1.807) is 22.5 Å².